The predicted molar refractivity (Wildman–Crippen MR) is 101 cm³/mol. The molecule has 0 unspecified atom stereocenters. The second-order valence-electron chi connectivity index (χ2n) is 5.87. The Morgan fingerprint density at radius 2 is 1.62 bits per heavy atom. The average Bonchev–Trinajstić information content (AvgIpc) is 2.59. The van der Waals surface area contributed by atoms with E-state index >= 15 is 0 Å². The summed E-state index contributed by atoms with van der Waals surface area (Å²) in [4.78, 5) is 16.2. The number of hydrogen-bond acceptors (Lipinski definition) is 3. The molecule has 1 N–H and O–H groups in total. The van der Waals surface area contributed by atoms with E-state index in [4.69, 9.17) is 0 Å². The molecule has 2 aromatic carbocycles. The predicted octanol–water partition coefficient (Wildman–Crippen LogP) is 2.60. The van der Waals surface area contributed by atoms with Crippen LogP contribution in [-0.2, 0) is 0 Å². The van der Waals surface area contributed by atoms with Crippen LogP contribution in [0.4, 0.5) is 11.4 Å². The van der Waals surface area contributed by atoms with Crippen molar-refractivity contribution in [1.82, 2.24) is 5.32 Å². The zero-order chi connectivity index (χ0) is 17.5. The number of amides is 1. The van der Waals surface area contributed by atoms with Gasteiger partial charge in [0.2, 0.25) is 0 Å². The van der Waals surface area contributed by atoms with Crippen LogP contribution in [0.15, 0.2) is 48.5 Å². The highest BCUT2D eigenvalue weighted by molar-refractivity contribution is 5.95. The molecular formula is C20H23N3O. The summed E-state index contributed by atoms with van der Waals surface area (Å²) in [6, 6.07) is 15.5. The van der Waals surface area contributed by atoms with Crippen molar-refractivity contribution in [1.29, 1.82) is 0 Å². The van der Waals surface area contributed by atoms with Gasteiger partial charge in [0.1, 0.15) is 0 Å². The van der Waals surface area contributed by atoms with Gasteiger partial charge < -0.3 is 15.1 Å². The second-order valence-corrected chi connectivity index (χ2v) is 5.87. The zero-order valence-electron chi connectivity index (χ0n) is 14.6. The lowest BCUT2D eigenvalue weighted by Crippen LogP contribution is -2.23. The largest absolute Gasteiger partial charge is 0.378 e. The van der Waals surface area contributed by atoms with Crippen molar-refractivity contribution in [2.75, 3.05) is 44.5 Å². The molecule has 0 fully saturated rings. The van der Waals surface area contributed by atoms with Gasteiger partial charge in [0.15, 0.2) is 0 Å². The van der Waals surface area contributed by atoms with Crippen molar-refractivity contribution >= 4 is 17.3 Å². The summed E-state index contributed by atoms with van der Waals surface area (Å²) >= 11 is 0. The van der Waals surface area contributed by atoms with Crippen molar-refractivity contribution in [3.63, 3.8) is 0 Å². The Balaban J connectivity index is 1.92. The van der Waals surface area contributed by atoms with E-state index in [0.29, 0.717) is 12.1 Å². The summed E-state index contributed by atoms with van der Waals surface area (Å²) in [5.74, 6) is 5.92. The minimum absolute atomic E-state index is 0.115. The van der Waals surface area contributed by atoms with Crippen LogP contribution in [0.2, 0.25) is 0 Å². The molecule has 0 aromatic heterocycles. The van der Waals surface area contributed by atoms with Gasteiger partial charge in [-0.2, -0.15) is 0 Å². The van der Waals surface area contributed by atoms with E-state index in [9.17, 15) is 4.79 Å². The molecule has 2 rings (SSSR count). The van der Waals surface area contributed by atoms with Crippen LogP contribution in [0, 0.1) is 11.8 Å². The molecule has 0 atom stereocenters. The van der Waals surface area contributed by atoms with Crippen molar-refractivity contribution in [3.8, 4) is 11.8 Å². The third kappa shape index (κ3) is 4.79. The molecule has 0 spiro atoms. The monoisotopic (exact) mass is 321 g/mol. The molecule has 1 amide bonds. The smallest absolute Gasteiger partial charge is 0.252 e. The summed E-state index contributed by atoms with van der Waals surface area (Å²) in [5.41, 5.74) is 3.70. The van der Waals surface area contributed by atoms with Crippen molar-refractivity contribution in [2.24, 2.45) is 0 Å². The maximum Gasteiger partial charge on any atom is 0.252 e. The Hall–Kier alpha value is -2.93. The standard InChI is InChI=1S/C20H23N3O/c1-22(2)18-12-10-16(11-13-18)7-6-14-21-20(24)17-8-5-9-19(15-17)23(3)4/h5,8-13,15H,14H2,1-4H3,(H,21,24). The van der Waals surface area contributed by atoms with E-state index in [-0.39, 0.29) is 5.91 Å². The zero-order valence-corrected chi connectivity index (χ0v) is 14.6. The first-order valence-electron chi connectivity index (χ1n) is 7.79. The molecule has 124 valence electrons. The molecule has 0 radical (unpaired) electrons. The summed E-state index contributed by atoms with van der Waals surface area (Å²) in [7, 11) is 7.90. The van der Waals surface area contributed by atoms with Gasteiger partial charge in [0.25, 0.3) is 5.91 Å². The highest BCUT2D eigenvalue weighted by Crippen LogP contribution is 2.13. The van der Waals surface area contributed by atoms with Gasteiger partial charge in [0.05, 0.1) is 6.54 Å². The first-order chi connectivity index (χ1) is 11.5. The number of hydrogen-bond donors (Lipinski definition) is 1. The van der Waals surface area contributed by atoms with Gasteiger partial charge in [0, 0.05) is 50.7 Å². The fourth-order valence-electron chi connectivity index (χ4n) is 2.14. The van der Waals surface area contributed by atoms with E-state index < -0.39 is 0 Å². The minimum Gasteiger partial charge on any atom is -0.378 e. The number of rotatable bonds is 4. The third-order valence-corrected chi connectivity index (χ3v) is 3.58. The molecule has 4 heteroatoms. The van der Waals surface area contributed by atoms with E-state index in [2.05, 4.69) is 17.2 Å². The second kappa shape index (κ2) is 8.07. The summed E-state index contributed by atoms with van der Waals surface area (Å²) < 4.78 is 0. The molecule has 0 aliphatic carbocycles. The van der Waals surface area contributed by atoms with E-state index in [0.717, 1.165) is 16.9 Å². The van der Waals surface area contributed by atoms with Gasteiger partial charge in [-0.05, 0) is 42.5 Å². The molecule has 0 aliphatic rings. The van der Waals surface area contributed by atoms with E-state index in [1.807, 2.05) is 80.5 Å². The fraction of sp³-hybridized carbons (Fsp3) is 0.250. The lowest BCUT2D eigenvalue weighted by molar-refractivity contribution is 0.0958. The van der Waals surface area contributed by atoms with Crippen LogP contribution in [0.25, 0.3) is 0 Å². The Labute approximate surface area is 144 Å². The molecule has 0 aliphatic heterocycles. The summed E-state index contributed by atoms with van der Waals surface area (Å²) in [6.07, 6.45) is 0. The van der Waals surface area contributed by atoms with Crippen molar-refractivity contribution in [3.05, 3.63) is 59.7 Å². The molecule has 0 bridgehead atoms. The van der Waals surface area contributed by atoms with Crippen LogP contribution in [0.1, 0.15) is 15.9 Å². The molecular weight excluding hydrogens is 298 g/mol. The number of benzene rings is 2. The maximum atomic E-state index is 12.1. The topological polar surface area (TPSA) is 35.6 Å². The Kier molecular flexibility index (Phi) is 5.86. The molecule has 4 nitrogen and oxygen atoms in total. The highest BCUT2D eigenvalue weighted by atomic mass is 16.1. The Morgan fingerprint density at radius 1 is 0.958 bits per heavy atom. The molecule has 0 saturated carbocycles. The lowest BCUT2D eigenvalue weighted by atomic mass is 10.2. The number of anilines is 2. The van der Waals surface area contributed by atoms with Crippen molar-refractivity contribution < 1.29 is 4.79 Å². The summed E-state index contributed by atoms with van der Waals surface area (Å²) in [6.45, 7) is 0.320. The minimum atomic E-state index is -0.115. The Bertz CT molecular complexity index is 752. The molecule has 2 aromatic rings. The lowest BCUT2D eigenvalue weighted by Gasteiger charge is -2.13. The van der Waals surface area contributed by atoms with E-state index in [1.54, 1.807) is 6.07 Å². The number of carbonyl (C=O) groups is 1. The quantitative estimate of drug-likeness (QED) is 0.879. The number of nitrogens with one attached hydrogen (secondary N) is 1. The van der Waals surface area contributed by atoms with Crippen LogP contribution in [-0.4, -0.2) is 40.6 Å². The van der Waals surface area contributed by atoms with Crippen LogP contribution in [0.5, 0.6) is 0 Å². The van der Waals surface area contributed by atoms with Gasteiger partial charge in [-0.3, -0.25) is 4.79 Å². The number of nitrogens with zero attached hydrogens (tertiary/aromatic N) is 2. The van der Waals surface area contributed by atoms with Gasteiger partial charge in [-0.1, -0.05) is 17.9 Å². The normalized spacial score (nSPS) is 9.67. The highest BCUT2D eigenvalue weighted by Gasteiger charge is 2.05. The van der Waals surface area contributed by atoms with E-state index in [1.165, 1.54) is 0 Å². The molecule has 0 heterocycles. The first-order valence-corrected chi connectivity index (χ1v) is 7.79. The fourth-order valence-corrected chi connectivity index (χ4v) is 2.14. The van der Waals surface area contributed by atoms with Gasteiger partial charge >= 0.3 is 0 Å². The average molecular weight is 321 g/mol. The van der Waals surface area contributed by atoms with Crippen molar-refractivity contribution in [2.45, 2.75) is 0 Å². The first kappa shape index (κ1) is 17.4. The molecule has 0 saturated heterocycles. The SMILES string of the molecule is CN(C)c1ccc(C#CCNC(=O)c2cccc(N(C)C)c2)cc1. The maximum absolute atomic E-state index is 12.1. The van der Waals surface area contributed by atoms with Crippen LogP contribution >= 0.6 is 0 Å². The Morgan fingerprint density at radius 3 is 2.25 bits per heavy atom. The van der Waals surface area contributed by atoms with Crippen LogP contribution < -0.4 is 15.1 Å². The van der Waals surface area contributed by atoms with Gasteiger partial charge in [-0.25, -0.2) is 0 Å². The third-order valence-electron chi connectivity index (χ3n) is 3.58. The van der Waals surface area contributed by atoms with Gasteiger partial charge in [-0.15, -0.1) is 0 Å². The molecule has 24 heavy (non-hydrogen) atoms. The summed E-state index contributed by atoms with van der Waals surface area (Å²) in [5, 5.41) is 2.83. The van der Waals surface area contributed by atoms with Crippen LogP contribution in [0.3, 0.4) is 0 Å². The number of carbonyl (C=O) groups excluding carboxylic acids is 1.